The first-order valence-electron chi connectivity index (χ1n) is 10.8. The van der Waals surface area contributed by atoms with E-state index in [1.807, 2.05) is 6.08 Å². The predicted molar refractivity (Wildman–Crippen MR) is 123 cm³/mol. The van der Waals surface area contributed by atoms with Crippen molar-refractivity contribution in [3.63, 3.8) is 0 Å². The van der Waals surface area contributed by atoms with Crippen molar-refractivity contribution < 1.29 is 28.6 Å². The van der Waals surface area contributed by atoms with Gasteiger partial charge in [-0.15, -0.1) is 0 Å². The van der Waals surface area contributed by atoms with Crippen LogP contribution in [0.3, 0.4) is 0 Å². The number of carbonyl (C=O) groups is 3. The van der Waals surface area contributed by atoms with Gasteiger partial charge >= 0.3 is 0 Å². The Kier molecular flexibility index (Phi) is 5.31. The molecule has 0 N–H and O–H groups in total. The number of carbonyl (C=O) groups excluding carboxylic acids is 3. The molecule has 9 heteroatoms. The van der Waals surface area contributed by atoms with Crippen molar-refractivity contribution in [2.75, 3.05) is 26.2 Å². The maximum absolute atomic E-state index is 13.8. The molecule has 5 rings (SSSR count). The molecule has 3 aliphatic heterocycles. The molecule has 0 saturated carbocycles. The zero-order valence-corrected chi connectivity index (χ0v) is 18.9. The Labute approximate surface area is 196 Å². The lowest BCUT2D eigenvalue weighted by Gasteiger charge is -2.30. The summed E-state index contributed by atoms with van der Waals surface area (Å²) >= 11 is 0. The Hall–Kier alpha value is -4.14. The van der Waals surface area contributed by atoms with Gasteiger partial charge < -0.3 is 14.2 Å². The second-order valence-corrected chi connectivity index (χ2v) is 8.13. The molecule has 34 heavy (non-hydrogen) atoms. The average molecular weight is 461 g/mol. The predicted octanol–water partition coefficient (Wildman–Crippen LogP) is 2.31. The molecule has 3 aliphatic rings. The highest BCUT2D eigenvalue weighted by molar-refractivity contribution is 6.25. The highest BCUT2D eigenvalue weighted by atomic mass is 16.5. The van der Waals surface area contributed by atoms with Gasteiger partial charge in [0.05, 0.1) is 44.9 Å². The molecule has 174 valence electrons. The average Bonchev–Trinajstić information content (AvgIpc) is 3.35. The normalized spacial score (nSPS) is 24.8. The van der Waals surface area contributed by atoms with E-state index in [9.17, 15) is 14.4 Å². The molecule has 2 saturated heterocycles. The number of nitrogens with zero attached hydrogens (tertiary/aromatic N) is 3. The third kappa shape index (κ3) is 3.07. The van der Waals surface area contributed by atoms with E-state index in [0.717, 1.165) is 4.90 Å². The van der Waals surface area contributed by atoms with Gasteiger partial charge in [0.2, 0.25) is 11.8 Å². The summed E-state index contributed by atoms with van der Waals surface area (Å²) in [6.45, 7) is 0. The number of anilines is 1. The first-order chi connectivity index (χ1) is 16.5. The second-order valence-electron chi connectivity index (χ2n) is 8.13. The Morgan fingerprint density at radius 1 is 0.882 bits per heavy atom. The minimum atomic E-state index is -0.953. The van der Waals surface area contributed by atoms with Gasteiger partial charge in [0.25, 0.3) is 0 Å². The Bertz CT molecular complexity index is 1240. The molecule has 2 aromatic carbocycles. The Morgan fingerprint density at radius 3 is 2.32 bits per heavy atom. The number of benzene rings is 2. The third-order valence-corrected chi connectivity index (χ3v) is 6.55. The number of hydrazone groups is 1. The smallest absolute Gasteiger partial charge is 0.240 e. The van der Waals surface area contributed by atoms with Gasteiger partial charge in [0.15, 0.2) is 17.3 Å². The number of ketones is 1. The number of rotatable bonds is 6. The lowest BCUT2D eigenvalue weighted by Crippen LogP contribution is -2.46. The fraction of sp³-hybridized carbons (Fsp3) is 0.280. The van der Waals surface area contributed by atoms with Crippen molar-refractivity contribution in [1.82, 2.24) is 5.01 Å². The summed E-state index contributed by atoms with van der Waals surface area (Å²) in [6.07, 6.45) is 5.09. The summed E-state index contributed by atoms with van der Waals surface area (Å²) in [5.41, 5.74) is 0.698. The molecule has 0 aliphatic carbocycles. The maximum atomic E-state index is 13.8. The summed E-state index contributed by atoms with van der Waals surface area (Å²) in [5.74, 6) is -1.52. The van der Waals surface area contributed by atoms with Crippen LogP contribution in [0.5, 0.6) is 17.2 Å². The van der Waals surface area contributed by atoms with Gasteiger partial charge in [-0.1, -0.05) is 18.2 Å². The highest BCUT2D eigenvalue weighted by Crippen LogP contribution is 2.47. The van der Waals surface area contributed by atoms with Crippen LogP contribution in [-0.4, -0.2) is 62.2 Å². The van der Waals surface area contributed by atoms with Crippen molar-refractivity contribution in [3.8, 4) is 17.2 Å². The number of para-hydroxylation sites is 2. The van der Waals surface area contributed by atoms with E-state index in [1.165, 1.54) is 21.3 Å². The van der Waals surface area contributed by atoms with Crippen LogP contribution in [0.15, 0.2) is 59.7 Å². The summed E-state index contributed by atoms with van der Waals surface area (Å²) in [4.78, 5) is 42.3. The van der Waals surface area contributed by atoms with Crippen LogP contribution in [0.1, 0.15) is 10.4 Å². The van der Waals surface area contributed by atoms with Crippen molar-refractivity contribution in [3.05, 3.63) is 60.2 Å². The molecule has 0 bridgehead atoms. The van der Waals surface area contributed by atoms with Gasteiger partial charge in [0, 0.05) is 11.8 Å². The first kappa shape index (κ1) is 21.7. The number of allylic oxidation sites excluding steroid dienone is 1. The number of Topliss-reactive ketones (excluding diaryl/α,β-unsaturated/α-hetero) is 1. The number of imide groups is 1. The van der Waals surface area contributed by atoms with E-state index >= 15 is 0 Å². The van der Waals surface area contributed by atoms with Crippen LogP contribution in [0.2, 0.25) is 0 Å². The number of methoxy groups -OCH3 is 3. The molecule has 0 unspecified atom stereocenters. The largest absolute Gasteiger partial charge is 0.495 e. The van der Waals surface area contributed by atoms with E-state index in [2.05, 4.69) is 5.10 Å². The maximum Gasteiger partial charge on any atom is 0.240 e. The fourth-order valence-corrected chi connectivity index (χ4v) is 5.05. The van der Waals surface area contributed by atoms with E-state index in [0.29, 0.717) is 28.5 Å². The van der Waals surface area contributed by atoms with Crippen molar-refractivity contribution >= 4 is 29.5 Å². The van der Waals surface area contributed by atoms with Crippen LogP contribution in [0.4, 0.5) is 5.69 Å². The molecular formula is C25H23N3O6. The fourth-order valence-electron chi connectivity index (χ4n) is 5.05. The van der Waals surface area contributed by atoms with Crippen LogP contribution < -0.4 is 19.1 Å². The van der Waals surface area contributed by atoms with Crippen molar-refractivity contribution in [1.29, 1.82) is 0 Å². The molecule has 4 atom stereocenters. The Balaban J connectivity index is 1.58. The van der Waals surface area contributed by atoms with Crippen LogP contribution in [0.25, 0.3) is 0 Å². The standard InChI is InChI=1S/C25H23N3O6/c1-32-17-9-5-4-7-15(17)27-24(30)20-16-8-6-12-26-28(16)22(21(20)25(27)31)23(29)14-10-11-18(33-2)19(13-14)34-3/h4-13,16,20-22H,1-3H3/t16-,20-,21+,22-/m0/s1. The molecular weight excluding hydrogens is 438 g/mol. The molecule has 0 radical (unpaired) electrons. The van der Waals surface area contributed by atoms with Crippen LogP contribution in [-0.2, 0) is 9.59 Å². The summed E-state index contributed by atoms with van der Waals surface area (Å²) in [5, 5.41) is 5.95. The number of ether oxygens (including phenoxy) is 3. The van der Waals surface area contributed by atoms with E-state index in [1.54, 1.807) is 59.8 Å². The second kappa shape index (κ2) is 8.33. The van der Waals surface area contributed by atoms with Crippen LogP contribution in [0, 0.1) is 11.8 Å². The summed E-state index contributed by atoms with van der Waals surface area (Å²) in [7, 11) is 4.47. The van der Waals surface area contributed by atoms with E-state index in [-0.39, 0.29) is 11.7 Å². The zero-order chi connectivity index (χ0) is 24.0. The molecule has 3 heterocycles. The van der Waals surface area contributed by atoms with E-state index in [4.69, 9.17) is 14.2 Å². The molecule has 2 aromatic rings. The van der Waals surface area contributed by atoms with Gasteiger partial charge in [-0.05, 0) is 36.4 Å². The van der Waals surface area contributed by atoms with Crippen LogP contribution >= 0.6 is 0 Å². The molecule has 0 spiro atoms. The molecule has 2 fully saturated rings. The zero-order valence-electron chi connectivity index (χ0n) is 18.9. The summed E-state index contributed by atoms with van der Waals surface area (Å²) in [6, 6.07) is 10.2. The van der Waals surface area contributed by atoms with Gasteiger partial charge in [0.1, 0.15) is 11.8 Å². The minimum Gasteiger partial charge on any atom is -0.495 e. The van der Waals surface area contributed by atoms with Crippen molar-refractivity contribution in [2.24, 2.45) is 16.9 Å². The van der Waals surface area contributed by atoms with Crippen molar-refractivity contribution in [2.45, 2.75) is 12.1 Å². The minimum absolute atomic E-state index is 0.325. The highest BCUT2D eigenvalue weighted by Gasteiger charge is 2.64. The monoisotopic (exact) mass is 461 g/mol. The SMILES string of the molecule is COc1ccc(C(=O)[C@@H]2[C@@H]3C(=O)N(c4ccccc4OC)C(=O)[C@H]3[C@@H]3C=CC=NN23)cc1OC. The van der Waals surface area contributed by atoms with Gasteiger partial charge in [-0.25, -0.2) is 4.90 Å². The third-order valence-electron chi connectivity index (χ3n) is 6.55. The molecule has 0 aromatic heterocycles. The number of amides is 2. The lowest BCUT2D eigenvalue weighted by atomic mass is 9.86. The number of hydrogen-bond donors (Lipinski definition) is 0. The number of fused-ring (bicyclic) bond motifs is 3. The summed E-state index contributed by atoms with van der Waals surface area (Å²) < 4.78 is 16.0. The van der Waals surface area contributed by atoms with Gasteiger partial charge in [-0.2, -0.15) is 5.10 Å². The van der Waals surface area contributed by atoms with Gasteiger partial charge in [-0.3, -0.25) is 19.4 Å². The lowest BCUT2D eigenvalue weighted by molar-refractivity contribution is -0.123. The topological polar surface area (TPSA) is 97.7 Å². The molecule has 9 nitrogen and oxygen atoms in total. The van der Waals surface area contributed by atoms with E-state index < -0.39 is 29.8 Å². The first-order valence-corrected chi connectivity index (χ1v) is 10.8. The quantitative estimate of drug-likeness (QED) is 0.481. The number of hydrogen-bond acceptors (Lipinski definition) is 8. The Morgan fingerprint density at radius 2 is 1.59 bits per heavy atom. The molecule has 2 amide bonds.